The molecule has 0 radical (unpaired) electrons. The van der Waals surface area contributed by atoms with Crippen molar-refractivity contribution in [2.45, 2.75) is 6.92 Å². The second-order valence-corrected chi connectivity index (χ2v) is 4.01. The van der Waals surface area contributed by atoms with Crippen LogP contribution in [0.1, 0.15) is 5.56 Å². The van der Waals surface area contributed by atoms with Crippen LogP contribution in [0, 0.1) is 6.92 Å². The molecule has 90 valence electrons. The Balaban J connectivity index is 2.43. The fourth-order valence-electron chi connectivity index (χ4n) is 1.90. The molecule has 0 unspecified atom stereocenters. The summed E-state index contributed by atoms with van der Waals surface area (Å²) in [6.45, 7) is 1.94. The highest BCUT2D eigenvalue weighted by molar-refractivity contribution is 5.90. The zero-order chi connectivity index (χ0) is 12.7. The molecule has 1 aromatic carbocycles. The molecular formula is C12H9N3O3. The molecule has 0 fully saturated rings. The first kappa shape index (κ1) is 10.5. The largest absolute Gasteiger partial charge is 0.367 e. The minimum Gasteiger partial charge on any atom is -0.338 e. The third kappa shape index (κ3) is 1.46. The maximum absolute atomic E-state index is 11.6. The number of hydrogen-bond acceptors (Lipinski definition) is 4. The van der Waals surface area contributed by atoms with Crippen molar-refractivity contribution in [3.8, 4) is 11.3 Å². The molecule has 0 aliphatic heterocycles. The highest BCUT2D eigenvalue weighted by atomic mass is 16.5. The second-order valence-electron chi connectivity index (χ2n) is 4.01. The minimum absolute atomic E-state index is 0.103. The Morgan fingerprint density at radius 3 is 2.89 bits per heavy atom. The van der Waals surface area contributed by atoms with Gasteiger partial charge in [0.15, 0.2) is 5.52 Å². The average molecular weight is 243 g/mol. The molecular weight excluding hydrogens is 234 g/mol. The van der Waals surface area contributed by atoms with E-state index in [4.69, 9.17) is 0 Å². The summed E-state index contributed by atoms with van der Waals surface area (Å²) in [5.74, 6) is 0. The van der Waals surface area contributed by atoms with Crippen LogP contribution < -0.4 is 11.2 Å². The number of aromatic amines is 2. The number of aromatic nitrogens is 3. The summed E-state index contributed by atoms with van der Waals surface area (Å²) in [5.41, 5.74) is 1.22. The predicted octanol–water partition coefficient (Wildman–Crippen LogP) is 1.18. The summed E-state index contributed by atoms with van der Waals surface area (Å²) in [5, 5.41) is 8.75. The first-order chi connectivity index (χ1) is 8.66. The highest BCUT2D eigenvalue weighted by Gasteiger charge is 2.15. The summed E-state index contributed by atoms with van der Waals surface area (Å²) in [4.78, 5) is 23.1. The Hall–Kier alpha value is -2.63. The standard InChI is InChI=1S/C12H9N3O3/c1-6-3-2-4-7(5-6)9-8-10(11(16)14-13-9)15-18-12(8)17/h2-5,15H,1H3,(H,14,16). The molecule has 2 N–H and O–H groups in total. The van der Waals surface area contributed by atoms with Crippen molar-refractivity contribution in [3.63, 3.8) is 0 Å². The van der Waals surface area contributed by atoms with Crippen LogP contribution in [0.2, 0.25) is 0 Å². The van der Waals surface area contributed by atoms with Gasteiger partial charge in [0.2, 0.25) is 0 Å². The molecule has 3 rings (SSSR count). The predicted molar refractivity (Wildman–Crippen MR) is 65.4 cm³/mol. The third-order valence-electron chi connectivity index (χ3n) is 2.72. The third-order valence-corrected chi connectivity index (χ3v) is 2.72. The normalized spacial score (nSPS) is 10.9. The summed E-state index contributed by atoms with van der Waals surface area (Å²) in [6.07, 6.45) is 0. The van der Waals surface area contributed by atoms with Crippen LogP contribution in [-0.4, -0.2) is 15.4 Å². The summed E-state index contributed by atoms with van der Waals surface area (Å²) >= 11 is 0. The molecule has 18 heavy (non-hydrogen) atoms. The Morgan fingerprint density at radius 1 is 1.28 bits per heavy atom. The maximum atomic E-state index is 11.6. The molecule has 0 saturated heterocycles. The number of fused-ring (bicyclic) bond motifs is 1. The topological polar surface area (TPSA) is 91.8 Å². The van der Waals surface area contributed by atoms with Crippen molar-refractivity contribution < 1.29 is 4.52 Å². The number of nitrogens with one attached hydrogen (secondary N) is 2. The maximum Gasteiger partial charge on any atom is 0.367 e. The van der Waals surface area contributed by atoms with Crippen LogP contribution in [0.15, 0.2) is 38.4 Å². The molecule has 6 nitrogen and oxygen atoms in total. The Labute approximate surface area is 100 Å². The van der Waals surface area contributed by atoms with E-state index in [0.717, 1.165) is 11.1 Å². The van der Waals surface area contributed by atoms with Gasteiger partial charge in [0.25, 0.3) is 5.56 Å². The van der Waals surface area contributed by atoms with Gasteiger partial charge in [0.1, 0.15) is 11.1 Å². The van der Waals surface area contributed by atoms with Crippen molar-refractivity contribution >= 4 is 10.9 Å². The lowest BCUT2D eigenvalue weighted by Gasteiger charge is -2.01. The van der Waals surface area contributed by atoms with E-state index in [-0.39, 0.29) is 10.9 Å². The average Bonchev–Trinajstić information content (AvgIpc) is 2.73. The van der Waals surface area contributed by atoms with Crippen LogP contribution in [0.25, 0.3) is 22.2 Å². The highest BCUT2D eigenvalue weighted by Crippen LogP contribution is 2.21. The van der Waals surface area contributed by atoms with Gasteiger partial charge in [-0.1, -0.05) is 23.8 Å². The number of H-pyrrole nitrogens is 2. The fourth-order valence-corrected chi connectivity index (χ4v) is 1.90. The number of benzene rings is 1. The zero-order valence-corrected chi connectivity index (χ0v) is 9.48. The van der Waals surface area contributed by atoms with E-state index in [9.17, 15) is 9.59 Å². The molecule has 2 aromatic heterocycles. The van der Waals surface area contributed by atoms with Gasteiger partial charge in [-0.05, 0) is 13.0 Å². The molecule has 3 aromatic rings. The zero-order valence-electron chi connectivity index (χ0n) is 9.48. The van der Waals surface area contributed by atoms with Crippen LogP contribution in [0.5, 0.6) is 0 Å². The van der Waals surface area contributed by atoms with Gasteiger partial charge in [-0.3, -0.25) is 4.79 Å². The molecule has 0 aliphatic carbocycles. The lowest BCUT2D eigenvalue weighted by molar-refractivity contribution is 0.399. The smallest absolute Gasteiger partial charge is 0.338 e. The van der Waals surface area contributed by atoms with Crippen LogP contribution >= 0.6 is 0 Å². The Bertz CT molecular complexity index is 841. The molecule has 6 heteroatoms. The molecule has 0 aliphatic rings. The van der Waals surface area contributed by atoms with Gasteiger partial charge in [-0.15, -0.1) is 0 Å². The summed E-state index contributed by atoms with van der Waals surface area (Å²) in [7, 11) is 0. The van der Waals surface area contributed by atoms with Crippen molar-refractivity contribution in [2.24, 2.45) is 0 Å². The monoisotopic (exact) mass is 243 g/mol. The van der Waals surface area contributed by atoms with Gasteiger partial charge >= 0.3 is 5.63 Å². The van der Waals surface area contributed by atoms with Gasteiger partial charge in [0.05, 0.1) is 0 Å². The fraction of sp³-hybridized carbons (Fsp3) is 0.0833. The first-order valence-electron chi connectivity index (χ1n) is 5.34. The van der Waals surface area contributed by atoms with E-state index in [1.807, 2.05) is 31.2 Å². The van der Waals surface area contributed by atoms with Crippen LogP contribution in [0.4, 0.5) is 0 Å². The first-order valence-corrected chi connectivity index (χ1v) is 5.34. The van der Waals surface area contributed by atoms with Crippen LogP contribution in [-0.2, 0) is 0 Å². The molecule has 2 heterocycles. The Kier molecular flexibility index (Phi) is 2.16. The van der Waals surface area contributed by atoms with E-state index in [1.54, 1.807) is 0 Å². The number of rotatable bonds is 1. The van der Waals surface area contributed by atoms with E-state index in [2.05, 4.69) is 19.9 Å². The molecule has 0 saturated carbocycles. The minimum atomic E-state index is -0.597. The van der Waals surface area contributed by atoms with Crippen molar-refractivity contribution in [1.82, 2.24) is 15.4 Å². The van der Waals surface area contributed by atoms with Crippen molar-refractivity contribution in [3.05, 3.63) is 50.6 Å². The van der Waals surface area contributed by atoms with Gasteiger partial charge in [-0.25, -0.2) is 15.0 Å². The molecule has 0 spiro atoms. The van der Waals surface area contributed by atoms with E-state index in [0.29, 0.717) is 5.69 Å². The Morgan fingerprint density at radius 2 is 2.11 bits per heavy atom. The number of nitrogens with zero attached hydrogens (tertiary/aromatic N) is 1. The molecule has 0 bridgehead atoms. The quantitative estimate of drug-likeness (QED) is 0.671. The number of hydrogen-bond donors (Lipinski definition) is 2. The summed E-state index contributed by atoms with van der Waals surface area (Å²) in [6, 6.07) is 7.50. The van der Waals surface area contributed by atoms with Crippen molar-refractivity contribution in [1.29, 1.82) is 0 Å². The van der Waals surface area contributed by atoms with E-state index in [1.165, 1.54) is 0 Å². The molecule has 0 amide bonds. The second kappa shape index (κ2) is 3.69. The van der Waals surface area contributed by atoms with E-state index >= 15 is 0 Å². The lowest BCUT2D eigenvalue weighted by Crippen LogP contribution is -2.11. The van der Waals surface area contributed by atoms with E-state index < -0.39 is 11.2 Å². The van der Waals surface area contributed by atoms with Gasteiger partial charge < -0.3 is 4.52 Å². The van der Waals surface area contributed by atoms with Gasteiger partial charge in [-0.2, -0.15) is 5.10 Å². The SMILES string of the molecule is Cc1cccc(-c2n[nH]c(=O)c3[nH]oc(=O)c23)c1. The number of aryl methyl sites for hydroxylation is 1. The van der Waals surface area contributed by atoms with Crippen molar-refractivity contribution in [2.75, 3.05) is 0 Å². The summed E-state index contributed by atoms with van der Waals surface area (Å²) < 4.78 is 4.65. The van der Waals surface area contributed by atoms with Gasteiger partial charge in [0, 0.05) is 5.56 Å². The lowest BCUT2D eigenvalue weighted by atomic mass is 10.1. The molecule has 0 atom stereocenters. The van der Waals surface area contributed by atoms with Crippen LogP contribution in [0.3, 0.4) is 0 Å².